The minimum atomic E-state index is -0.616. The molecule has 2 N–H and O–H groups in total. The van der Waals surface area contributed by atoms with E-state index in [9.17, 15) is 14.0 Å². The summed E-state index contributed by atoms with van der Waals surface area (Å²) in [6, 6.07) is 21.7. The number of hydrogen-bond donors (Lipinski definition) is 2. The molecule has 3 aromatic carbocycles. The van der Waals surface area contributed by atoms with Crippen LogP contribution in [0.2, 0.25) is 0 Å². The molecule has 0 saturated carbocycles. The smallest absolute Gasteiger partial charge is 0.258 e. The van der Waals surface area contributed by atoms with E-state index in [1.807, 2.05) is 37.3 Å². The summed E-state index contributed by atoms with van der Waals surface area (Å²) in [5.41, 5.74) is 1.53. The maximum Gasteiger partial charge on any atom is 0.258 e. The predicted molar refractivity (Wildman–Crippen MR) is 103 cm³/mol. The minimum Gasteiger partial charge on any atom is -0.345 e. The van der Waals surface area contributed by atoms with E-state index >= 15 is 0 Å². The van der Waals surface area contributed by atoms with Crippen molar-refractivity contribution in [2.24, 2.45) is 0 Å². The van der Waals surface area contributed by atoms with Crippen molar-refractivity contribution in [2.45, 2.75) is 13.0 Å². The highest BCUT2D eigenvalue weighted by molar-refractivity contribution is 6.09. The normalized spacial score (nSPS) is 11.5. The average molecular weight is 362 g/mol. The molecule has 0 saturated heterocycles. The van der Waals surface area contributed by atoms with Crippen LogP contribution in [-0.4, -0.2) is 11.8 Å². The molecule has 4 nitrogen and oxygen atoms in total. The van der Waals surface area contributed by atoms with E-state index in [1.54, 1.807) is 30.3 Å². The number of carbonyl (C=O) groups excluding carboxylic acids is 2. The van der Waals surface area contributed by atoms with Gasteiger partial charge >= 0.3 is 0 Å². The molecule has 0 bridgehead atoms. The molecule has 3 aromatic rings. The maximum atomic E-state index is 13.8. The summed E-state index contributed by atoms with van der Waals surface area (Å²) in [4.78, 5) is 25.1. The molecule has 0 aliphatic heterocycles. The van der Waals surface area contributed by atoms with E-state index in [0.717, 1.165) is 5.56 Å². The highest BCUT2D eigenvalue weighted by atomic mass is 19.1. The fourth-order valence-electron chi connectivity index (χ4n) is 2.72. The summed E-state index contributed by atoms with van der Waals surface area (Å²) >= 11 is 0. The fraction of sp³-hybridized carbons (Fsp3) is 0.0909. The third-order valence-electron chi connectivity index (χ3n) is 4.19. The minimum absolute atomic E-state index is 0.0784. The average Bonchev–Trinajstić information content (AvgIpc) is 2.69. The summed E-state index contributed by atoms with van der Waals surface area (Å²) in [5, 5.41) is 5.53. The van der Waals surface area contributed by atoms with Crippen LogP contribution in [-0.2, 0) is 0 Å². The Morgan fingerprint density at radius 1 is 0.778 bits per heavy atom. The Morgan fingerprint density at radius 2 is 1.37 bits per heavy atom. The van der Waals surface area contributed by atoms with Crippen molar-refractivity contribution in [3.05, 3.63) is 101 Å². The van der Waals surface area contributed by atoms with Crippen LogP contribution in [0.25, 0.3) is 0 Å². The topological polar surface area (TPSA) is 58.2 Å². The van der Waals surface area contributed by atoms with Crippen LogP contribution >= 0.6 is 0 Å². The molecule has 0 aliphatic carbocycles. The molecule has 136 valence electrons. The van der Waals surface area contributed by atoms with E-state index in [-0.39, 0.29) is 17.5 Å². The van der Waals surface area contributed by atoms with Gasteiger partial charge in [0.25, 0.3) is 11.8 Å². The van der Waals surface area contributed by atoms with Gasteiger partial charge in [-0.15, -0.1) is 0 Å². The first kappa shape index (κ1) is 18.3. The first-order valence-corrected chi connectivity index (χ1v) is 8.57. The Bertz CT molecular complexity index is 957. The molecular formula is C22H19FN2O2. The first-order valence-electron chi connectivity index (χ1n) is 8.57. The van der Waals surface area contributed by atoms with Crippen molar-refractivity contribution in [3.63, 3.8) is 0 Å². The first-order chi connectivity index (χ1) is 13.1. The molecule has 0 aliphatic rings. The molecular weight excluding hydrogens is 343 g/mol. The highest BCUT2D eigenvalue weighted by Gasteiger charge is 2.17. The van der Waals surface area contributed by atoms with Crippen LogP contribution in [0, 0.1) is 5.82 Å². The van der Waals surface area contributed by atoms with Gasteiger partial charge in [0.15, 0.2) is 0 Å². The van der Waals surface area contributed by atoms with Crippen molar-refractivity contribution in [3.8, 4) is 0 Å². The van der Waals surface area contributed by atoms with Crippen molar-refractivity contribution < 1.29 is 14.0 Å². The molecule has 27 heavy (non-hydrogen) atoms. The summed E-state index contributed by atoms with van der Waals surface area (Å²) in [6.45, 7) is 1.88. The molecule has 0 spiro atoms. The SMILES string of the molecule is CC(NC(=O)c1ccccc1NC(=O)c1ccccc1F)c1ccccc1. The molecule has 0 heterocycles. The zero-order chi connectivity index (χ0) is 19.2. The third kappa shape index (κ3) is 4.39. The van der Waals surface area contributed by atoms with Crippen molar-refractivity contribution in [1.29, 1.82) is 0 Å². The van der Waals surface area contributed by atoms with Crippen molar-refractivity contribution in [2.75, 3.05) is 5.32 Å². The second kappa shape index (κ2) is 8.27. The number of nitrogens with one attached hydrogen (secondary N) is 2. The highest BCUT2D eigenvalue weighted by Crippen LogP contribution is 2.19. The second-order valence-corrected chi connectivity index (χ2v) is 6.09. The monoisotopic (exact) mass is 362 g/mol. The Morgan fingerprint density at radius 3 is 2.07 bits per heavy atom. The lowest BCUT2D eigenvalue weighted by atomic mass is 10.1. The quantitative estimate of drug-likeness (QED) is 0.698. The van der Waals surface area contributed by atoms with Gasteiger partial charge in [-0.25, -0.2) is 4.39 Å². The number of anilines is 1. The van der Waals surface area contributed by atoms with Gasteiger partial charge in [-0.2, -0.15) is 0 Å². The molecule has 5 heteroatoms. The molecule has 0 radical (unpaired) electrons. The summed E-state index contributed by atoms with van der Waals surface area (Å²) in [5.74, 6) is -1.55. The molecule has 1 atom stereocenters. The van der Waals surface area contributed by atoms with Gasteiger partial charge in [0, 0.05) is 0 Å². The zero-order valence-corrected chi connectivity index (χ0v) is 14.8. The van der Waals surface area contributed by atoms with Crippen molar-refractivity contribution >= 4 is 17.5 Å². The van der Waals surface area contributed by atoms with Gasteiger partial charge in [0.05, 0.1) is 22.9 Å². The number of halogens is 1. The molecule has 0 fully saturated rings. The molecule has 2 amide bonds. The number of rotatable bonds is 5. The Hall–Kier alpha value is -3.47. The number of carbonyl (C=O) groups is 2. The van der Waals surface area contributed by atoms with E-state index in [2.05, 4.69) is 10.6 Å². The van der Waals surface area contributed by atoms with Crippen LogP contribution in [0.4, 0.5) is 10.1 Å². The van der Waals surface area contributed by atoms with Crippen LogP contribution in [0.3, 0.4) is 0 Å². The number of hydrogen-bond acceptors (Lipinski definition) is 2. The van der Waals surface area contributed by atoms with Crippen LogP contribution < -0.4 is 10.6 Å². The molecule has 3 rings (SSSR count). The van der Waals surface area contributed by atoms with Crippen LogP contribution in [0.1, 0.15) is 39.2 Å². The van der Waals surface area contributed by atoms with E-state index < -0.39 is 11.7 Å². The predicted octanol–water partition coefficient (Wildman–Crippen LogP) is 4.57. The zero-order valence-electron chi connectivity index (χ0n) is 14.8. The lowest BCUT2D eigenvalue weighted by Crippen LogP contribution is -2.28. The Balaban J connectivity index is 1.78. The van der Waals surface area contributed by atoms with Gasteiger partial charge < -0.3 is 10.6 Å². The maximum absolute atomic E-state index is 13.8. The number of benzene rings is 3. The largest absolute Gasteiger partial charge is 0.345 e. The van der Waals surface area contributed by atoms with Gasteiger partial charge in [-0.05, 0) is 36.8 Å². The number of para-hydroxylation sites is 1. The lowest BCUT2D eigenvalue weighted by molar-refractivity contribution is 0.0941. The second-order valence-electron chi connectivity index (χ2n) is 6.09. The Labute approximate surface area is 157 Å². The van der Waals surface area contributed by atoms with E-state index in [1.165, 1.54) is 18.2 Å². The van der Waals surface area contributed by atoms with Gasteiger partial charge in [0.1, 0.15) is 5.82 Å². The molecule has 1 unspecified atom stereocenters. The lowest BCUT2D eigenvalue weighted by Gasteiger charge is -2.16. The summed E-state index contributed by atoms with van der Waals surface area (Å²) in [6.07, 6.45) is 0. The van der Waals surface area contributed by atoms with Gasteiger partial charge in [-0.1, -0.05) is 54.6 Å². The van der Waals surface area contributed by atoms with Crippen LogP contribution in [0.5, 0.6) is 0 Å². The van der Waals surface area contributed by atoms with E-state index in [4.69, 9.17) is 0 Å². The number of amides is 2. The standard InChI is InChI=1S/C22H19FN2O2/c1-15(16-9-3-2-4-10-16)24-22(27)18-12-6-8-14-20(18)25-21(26)17-11-5-7-13-19(17)23/h2-15H,1H3,(H,24,27)(H,25,26). The van der Waals surface area contributed by atoms with Crippen molar-refractivity contribution in [1.82, 2.24) is 5.32 Å². The van der Waals surface area contributed by atoms with E-state index in [0.29, 0.717) is 11.3 Å². The molecule has 0 aromatic heterocycles. The van der Waals surface area contributed by atoms with Gasteiger partial charge in [-0.3, -0.25) is 9.59 Å². The Kier molecular flexibility index (Phi) is 5.61. The third-order valence-corrected chi connectivity index (χ3v) is 4.19. The fourth-order valence-corrected chi connectivity index (χ4v) is 2.72. The van der Waals surface area contributed by atoms with Gasteiger partial charge in [0.2, 0.25) is 0 Å². The summed E-state index contributed by atoms with van der Waals surface area (Å²) in [7, 11) is 0. The summed E-state index contributed by atoms with van der Waals surface area (Å²) < 4.78 is 13.8. The van der Waals surface area contributed by atoms with Crippen LogP contribution in [0.15, 0.2) is 78.9 Å².